The smallest absolute Gasteiger partial charge is 0.354 e. The molecule has 0 heterocycles. The first-order valence-electron chi connectivity index (χ1n) is 3.67. The van der Waals surface area contributed by atoms with E-state index in [0.717, 1.165) is 0 Å². The normalized spacial score (nSPS) is 13.3. The van der Waals surface area contributed by atoms with Gasteiger partial charge in [0.25, 0.3) is 0 Å². The van der Waals surface area contributed by atoms with E-state index < -0.39 is 22.6 Å². The second-order valence-corrected chi connectivity index (χ2v) is 3.52. The molecule has 0 aliphatic rings. The summed E-state index contributed by atoms with van der Waals surface area (Å²) in [6, 6.07) is 7.00. The predicted molar refractivity (Wildman–Crippen MR) is 46.1 cm³/mol. The molecule has 1 rings (SSSR count). The van der Waals surface area contributed by atoms with Crippen LogP contribution in [0.1, 0.15) is 10.4 Å². The lowest BCUT2D eigenvalue weighted by molar-refractivity contribution is -0.0459. The summed E-state index contributed by atoms with van der Waals surface area (Å²) in [5, 5.41) is 0. The van der Waals surface area contributed by atoms with Gasteiger partial charge in [-0.1, -0.05) is 18.2 Å². The molecule has 0 aliphatic heterocycles. The van der Waals surface area contributed by atoms with Crippen LogP contribution in [-0.2, 0) is 15.3 Å². The van der Waals surface area contributed by atoms with Crippen molar-refractivity contribution in [2.24, 2.45) is 0 Å². The number of alkyl halides is 3. The van der Waals surface area contributed by atoms with Crippen molar-refractivity contribution in [1.29, 1.82) is 0 Å². The second-order valence-electron chi connectivity index (χ2n) is 2.42. The van der Waals surface area contributed by atoms with E-state index in [2.05, 4.69) is 4.18 Å². The highest BCUT2D eigenvalue weighted by molar-refractivity contribution is 7.81. The third-order valence-corrected chi connectivity index (χ3v) is 2.03. The van der Waals surface area contributed by atoms with E-state index in [-0.39, 0.29) is 5.56 Å². The Bertz CT molecular complexity index is 374. The fourth-order valence-electron chi connectivity index (χ4n) is 0.738. The Labute approximate surface area is 85.5 Å². The topological polar surface area (TPSA) is 43.4 Å². The molecule has 15 heavy (non-hydrogen) atoms. The molecule has 0 aliphatic carbocycles. The van der Waals surface area contributed by atoms with Gasteiger partial charge in [0.1, 0.15) is 0 Å². The van der Waals surface area contributed by atoms with Crippen LogP contribution in [0.25, 0.3) is 0 Å². The molecule has 0 spiro atoms. The first-order chi connectivity index (χ1) is 6.91. The minimum atomic E-state index is -5.05. The fourth-order valence-corrected chi connectivity index (χ4v) is 1.07. The lowest BCUT2D eigenvalue weighted by atomic mass is 10.2. The van der Waals surface area contributed by atoms with Gasteiger partial charge in [-0.15, -0.1) is 0 Å². The van der Waals surface area contributed by atoms with Crippen LogP contribution in [-0.4, -0.2) is 15.7 Å². The van der Waals surface area contributed by atoms with Crippen molar-refractivity contribution in [1.82, 2.24) is 0 Å². The van der Waals surface area contributed by atoms with Crippen LogP contribution in [0, 0.1) is 0 Å². The third-order valence-electron chi connectivity index (χ3n) is 1.35. The number of hydrogen-bond acceptors (Lipinski definition) is 3. The molecule has 1 unspecified atom stereocenters. The predicted octanol–water partition coefficient (Wildman–Crippen LogP) is 2.03. The number of hydrogen-bond donors (Lipinski definition) is 0. The maximum Gasteiger partial charge on any atom is 0.508 e. The van der Waals surface area contributed by atoms with Crippen LogP contribution in [0.15, 0.2) is 30.3 Å². The van der Waals surface area contributed by atoms with Crippen LogP contribution in [0.2, 0.25) is 0 Å². The Balaban J connectivity index is 2.70. The van der Waals surface area contributed by atoms with Crippen molar-refractivity contribution < 1.29 is 26.4 Å². The van der Waals surface area contributed by atoms with Crippen molar-refractivity contribution >= 4 is 17.0 Å². The van der Waals surface area contributed by atoms with Gasteiger partial charge in [-0.2, -0.15) is 13.2 Å². The van der Waals surface area contributed by atoms with E-state index in [4.69, 9.17) is 0 Å². The van der Waals surface area contributed by atoms with Gasteiger partial charge < -0.3 is 4.18 Å². The molecule has 1 aromatic rings. The van der Waals surface area contributed by atoms with Gasteiger partial charge in [0.2, 0.25) is 0 Å². The Morgan fingerprint density at radius 2 is 1.73 bits per heavy atom. The zero-order chi connectivity index (χ0) is 11.5. The maximum absolute atomic E-state index is 11.7. The van der Waals surface area contributed by atoms with E-state index in [1.807, 2.05) is 0 Å². The molecule has 0 saturated carbocycles. The molecule has 82 valence electrons. The third kappa shape index (κ3) is 3.35. The van der Waals surface area contributed by atoms with E-state index in [9.17, 15) is 22.2 Å². The average molecular weight is 238 g/mol. The number of benzene rings is 1. The van der Waals surface area contributed by atoms with Gasteiger partial charge in [0.15, 0.2) is 0 Å². The summed E-state index contributed by atoms with van der Waals surface area (Å²) in [4.78, 5) is 11.0. The lowest BCUT2D eigenvalue weighted by Gasteiger charge is -2.05. The van der Waals surface area contributed by atoms with Crippen molar-refractivity contribution in [3.63, 3.8) is 0 Å². The van der Waals surface area contributed by atoms with E-state index in [1.54, 1.807) is 6.07 Å². The number of carbonyl (C=O) groups is 1. The molecule has 0 bridgehead atoms. The van der Waals surface area contributed by atoms with E-state index >= 15 is 0 Å². The Morgan fingerprint density at radius 3 is 2.20 bits per heavy atom. The zero-order valence-corrected chi connectivity index (χ0v) is 7.97. The summed E-state index contributed by atoms with van der Waals surface area (Å²) >= 11 is -3.62. The quantitative estimate of drug-likeness (QED) is 0.791. The molecule has 0 saturated heterocycles. The minimum absolute atomic E-state index is 0.0879. The van der Waals surface area contributed by atoms with Crippen molar-refractivity contribution in [2.45, 2.75) is 5.51 Å². The molecule has 0 amide bonds. The van der Waals surface area contributed by atoms with Gasteiger partial charge in [0.05, 0.1) is 5.56 Å². The van der Waals surface area contributed by atoms with Crippen LogP contribution in [0.5, 0.6) is 0 Å². The van der Waals surface area contributed by atoms with Crippen molar-refractivity contribution in [2.75, 3.05) is 0 Å². The summed E-state index contributed by atoms with van der Waals surface area (Å²) < 4.78 is 49.3. The second kappa shape index (κ2) is 4.43. The minimum Gasteiger partial charge on any atom is -0.354 e. The van der Waals surface area contributed by atoms with Crippen LogP contribution in [0.3, 0.4) is 0 Å². The monoisotopic (exact) mass is 238 g/mol. The Kier molecular flexibility index (Phi) is 3.46. The average Bonchev–Trinajstić information content (AvgIpc) is 2.17. The maximum atomic E-state index is 11.7. The highest BCUT2D eigenvalue weighted by Gasteiger charge is 2.41. The standard InChI is InChI=1S/C8H5F3O3S/c9-8(10,11)15(13)14-7(12)6-4-2-1-3-5-6/h1-5H. The summed E-state index contributed by atoms with van der Waals surface area (Å²) in [7, 11) is 0. The highest BCUT2D eigenvalue weighted by Crippen LogP contribution is 2.21. The van der Waals surface area contributed by atoms with Gasteiger partial charge in [-0.3, -0.25) is 0 Å². The molecule has 3 nitrogen and oxygen atoms in total. The molecule has 7 heteroatoms. The first kappa shape index (κ1) is 11.7. The Morgan fingerprint density at radius 1 is 1.20 bits per heavy atom. The van der Waals surface area contributed by atoms with Gasteiger partial charge >= 0.3 is 22.6 Å². The molecule has 0 aromatic heterocycles. The summed E-state index contributed by atoms with van der Waals surface area (Å²) in [5.41, 5.74) is -5.14. The zero-order valence-electron chi connectivity index (χ0n) is 7.15. The summed E-state index contributed by atoms with van der Waals surface area (Å²) in [6.45, 7) is 0. The highest BCUT2D eigenvalue weighted by atomic mass is 32.2. The Hall–Kier alpha value is -1.37. The van der Waals surface area contributed by atoms with Crippen molar-refractivity contribution in [3.8, 4) is 0 Å². The van der Waals surface area contributed by atoms with Crippen LogP contribution in [0.4, 0.5) is 13.2 Å². The van der Waals surface area contributed by atoms with Gasteiger partial charge in [-0.25, -0.2) is 9.00 Å². The molecule has 1 aromatic carbocycles. The number of halogens is 3. The fraction of sp³-hybridized carbons (Fsp3) is 0.125. The van der Waals surface area contributed by atoms with E-state index in [0.29, 0.717) is 0 Å². The summed E-state index contributed by atoms with van der Waals surface area (Å²) in [6.07, 6.45) is 0. The lowest BCUT2D eigenvalue weighted by Crippen LogP contribution is -2.21. The van der Waals surface area contributed by atoms with Crippen LogP contribution >= 0.6 is 0 Å². The number of rotatable bonds is 2. The molecular weight excluding hydrogens is 233 g/mol. The molecule has 0 radical (unpaired) electrons. The largest absolute Gasteiger partial charge is 0.508 e. The molecule has 1 atom stereocenters. The van der Waals surface area contributed by atoms with Crippen molar-refractivity contribution in [3.05, 3.63) is 35.9 Å². The van der Waals surface area contributed by atoms with Crippen LogP contribution < -0.4 is 0 Å². The first-order valence-corrected chi connectivity index (χ1v) is 4.75. The molecule has 0 fully saturated rings. The number of carbonyl (C=O) groups excluding carboxylic acids is 1. The summed E-state index contributed by atoms with van der Waals surface area (Å²) in [5.74, 6) is -1.27. The molecular formula is C8H5F3O3S. The van der Waals surface area contributed by atoms with E-state index in [1.165, 1.54) is 24.3 Å². The molecule has 0 N–H and O–H groups in total. The van der Waals surface area contributed by atoms with Gasteiger partial charge in [-0.05, 0) is 12.1 Å². The van der Waals surface area contributed by atoms with Gasteiger partial charge in [0, 0.05) is 0 Å². The SMILES string of the molecule is O=C(OS(=O)C(F)(F)F)c1ccccc1.